The zero-order valence-corrected chi connectivity index (χ0v) is 16.5. The normalized spacial score (nSPS) is 11.8. The summed E-state index contributed by atoms with van der Waals surface area (Å²) in [6.07, 6.45) is 7.83. The zero-order valence-electron chi connectivity index (χ0n) is 16.5. The van der Waals surface area contributed by atoms with Crippen LogP contribution in [-0.4, -0.2) is 24.0 Å². The summed E-state index contributed by atoms with van der Waals surface area (Å²) in [6, 6.07) is 8.55. The number of hydrogen-bond acceptors (Lipinski definition) is 5. The first-order valence-electron chi connectivity index (χ1n) is 9.01. The summed E-state index contributed by atoms with van der Waals surface area (Å²) in [5, 5.41) is 7.34. The third kappa shape index (κ3) is 5.16. The maximum Gasteiger partial charge on any atom is 0.301 e. The standard InChI is InChI=1S/C21H23F2N3O3/c1-21(22,23)19-10-9-17(29-19)14-26-13-16(12-25-26)24-11-5-7-15-6-4-8-18(27-2)20(15)28-3/h4-6,8-13,24H,7,14H2,1-3H3/b11-5+. The van der Waals surface area contributed by atoms with E-state index < -0.39 is 5.92 Å². The molecule has 0 aliphatic carbocycles. The first-order chi connectivity index (χ1) is 13.9. The number of para-hydroxylation sites is 1. The third-order valence-corrected chi connectivity index (χ3v) is 4.24. The molecule has 0 aliphatic heterocycles. The number of rotatable bonds is 9. The van der Waals surface area contributed by atoms with Crippen molar-refractivity contribution in [2.75, 3.05) is 19.5 Å². The Labute approximate surface area is 167 Å². The lowest BCUT2D eigenvalue weighted by molar-refractivity contribution is -0.00636. The van der Waals surface area contributed by atoms with Gasteiger partial charge in [-0.2, -0.15) is 13.9 Å². The summed E-state index contributed by atoms with van der Waals surface area (Å²) in [5.41, 5.74) is 1.77. The number of allylic oxidation sites excluding steroid dienone is 1. The van der Waals surface area contributed by atoms with E-state index in [1.807, 2.05) is 30.5 Å². The Kier molecular flexibility index (Phi) is 6.21. The zero-order chi connectivity index (χ0) is 20.9. The first kappa shape index (κ1) is 20.4. The predicted octanol–water partition coefficient (Wildman–Crippen LogP) is 4.82. The van der Waals surface area contributed by atoms with Crippen LogP contribution < -0.4 is 14.8 Å². The topological polar surface area (TPSA) is 61.5 Å². The fourth-order valence-electron chi connectivity index (χ4n) is 2.84. The molecule has 0 spiro atoms. The highest BCUT2D eigenvalue weighted by molar-refractivity contribution is 5.47. The Morgan fingerprint density at radius 3 is 2.72 bits per heavy atom. The third-order valence-electron chi connectivity index (χ3n) is 4.24. The maximum absolute atomic E-state index is 13.2. The van der Waals surface area contributed by atoms with Crippen LogP contribution in [0.3, 0.4) is 0 Å². The lowest BCUT2D eigenvalue weighted by Crippen LogP contribution is -2.05. The molecule has 0 aliphatic rings. The number of aromatic nitrogens is 2. The summed E-state index contributed by atoms with van der Waals surface area (Å²) < 4.78 is 44.0. The van der Waals surface area contributed by atoms with Gasteiger partial charge < -0.3 is 19.2 Å². The number of benzene rings is 1. The molecule has 0 atom stereocenters. The van der Waals surface area contributed by atoms with Crippen molar-refractivity contribution in [3.8, 4) is 11.5 Å². The number of nitrogens with zero attached hydrogens (tertiary/aromatic N) is 2. The molecule has 3 rings (SSSR count). The molecule has 8 heteroatoms. The number of methoxy groups -OCH3 is 2. The van der Waals surface area contributed by atoms with Gasteiger partial charge >= 0.3 is 5.92 Å². The van der Waals surface area contributed by atoms with Crippen LogP contribution >= 0.6 is 0 Å². The SMILES string of the molecule is COc1cccc(C/C=C/Nc2cnn(Cc3ccc(C(C)(F)F)o3)c2)c1OC. The highest BCUT2D eigenvalue weighted by Crippen LogP contribution is 2.31. The molecule has 1 aromatic carbocycles. The number of hydrogen-bond donors (Lipinski definition) is 1. The largest absolute Gasteiger partial charge is 0.493 e. The van der Waals surface area contributed by atoms with E-state index in [0.29, 0.717) is 23.7 Å². The van der Waals surface area contributed by atoms with E-state index in [1.165, 1.54) is 12.1 Å². The minimum atomic E-state index is -2.99. The van der Waals surface area contributed by atoms with Crippen molar-refractivity contribution in [2.45, 2.75) is 25.8 Å². The number of anilines is 1. The molecule has 1 N–H and O–H groups in total. The first-order valence-corrected chi connectivity index (χ1v) is 9.01. The number of halogens is 2. The molecule has 0 saturated carbocycles. The van der Waals surface area contributed by atoms with Gasteiger partial charge in [-0.1, -0.05) is 18.2 Å². The van der Waals surface area contributed by atoms with Crippen LogP contribution in [0.2, 0.25) is 0 Å². The van der Waals surface area contributed by atoms with E-state index in [0.717, 1.165) is 18.2 Å². The van der Waals surface area contributed by atoms with Crippen LogP contribution in [0, 0.1) is 0 Å². The van der Waals surface area contributed by atoms with Crippen molar-refractivity contribution in [1.82, 2.24) is 9.78 Å². The van der Waals surface area contributed by atoms with Gasteiger partial charge in [-0.25, -0.2) is 0 Å². The average Bonchev–Trinajstić information content (AvgIpc) is 3.34. The van der Waals surface area contributed by atoms with Gasteiger partial charge in [0.2, 0.25) is 0 Å². The number of nitrogens with one attached hydrogen (secondary N) is 1. The van der Waals surface area contributed by atoms with Crippen LogP contribution in [0.5, 0.6) is 11.5 Å². The quantitative estimate of drug-likeness (QED) is 0.555. The molecule has 0 bridgehead atoms. The fraction of sp³-hybridized carbons (Fsp3) is 0.286. The van der Waals surface area contributed by atoms with Crippen molar-refractivity contribution in [3.63, 3.8) is 0 Å². The molecule has 154 valence electrons. The second-order valence-corrected chi connectivity index (χ2v) is 6.48. The molecule has 0 fully saturated rings. The molecule has 6 nitrogen and oxygen atoms in total. The smallest absolute Gasteiger partial charge is 0.301 e. The van der Waals surface area contributed by atoms with Crippen LogP contribution in [-0.2, 0) is 18.9 Å². The van der Waals surface area contributed by atoms with Gasteiger partial charge in [0.05, 0.1) is 32.6 Å². The number of ether oxygens (including phenoxy) is 2. The van der Waals surface area contributed by atoms with E-state index in [4.69, 9.17) is 13.9 Å². The highest BCUT2D eigenvalue weighted by atomic mass is 19.3. The minimum absolute atomic E-state index is 0.266. The van der Waals surface area contributed by atoms with Crippen LogP contribution in [0.4, 0.5) is 14.5 Å². The van der Waals surface area contributed by atoms with Crippen LogP contribution in [0.1, 0.15) is 24.0 Å². The molecule has 0 saturated heterocycles. The Morgan fingerprint density at radius 1 is 1.21 bits per heavy atom. The van der Waals surface area contributed by atoms with Crippen LogP contribution in [0.25, 0.3) is 0 Å². The Balaban J connectivity index is 1.56. The van der Waals surface area contributed by atoms with Crippen LogP contribution in [0.15, 0.2) is 59.4 Å². The molecule has 0 radical (unpaired) electrons. The van der Waals surface area contributed by atoms with Gasteiger partial charge in [-0.05, 0) is 30.8 Å². The Hall–Kier alpha value is -3.29. The van der Waals surface area contributed by atoms with E-state index >= 15 is 0 Å². The monoisotopic (exact) mass is 403 g/mol. The van der Waals surface area contributed by atoms with E-state index in [1.54, 1.807) is 31.3 Å². The van der Waals surface area contributed by atoms with Gasteiger partial charge in [-0.15, -0.1) is 0 Å². The summed E-state index contributed by atoms with van der Waals surface area (Å²) in [6.45, 7) is 1.07. The lowest BCUT2D eigenvalue weighted by Gasteiger charge is -2.11. The average molecular weight is 403 g/mol. The fourth-order valence-corrected chi connectivity index (χ4v) is 2.84. The van der Waals surface area contributed by atoms with Crippen molar-refractivity contribution in [2.24, 2.45) is 0 Å². The van der Waals surface area contributed by atoms with Gasteiger partial charge in [0, 0.05) is 18.7 Å². The second kappa shape index (κ2) is 8.81. The molecular formula is C21H23F2N3O3. The number of furan rings is 1. The van der Waals surface area contributed by atoms with Crippen molar-refractivity contribution >= 4 is 5.69 Å². The highest BCUT2D eigenvalue weighted by Gasteiger charge is 2.28. The second-order valence-electron chi connectivity index (χ2n) is 6.48. The van der Waals surface area contributed by atoms with E-state index in [2.05, 4.69) is 10.4 Å². The molecule has 0 amide bonds. The maximum atomic E-state index is 13.2. The molecular weight excluding hydrogens is 380 g/mol. The minimum Gasteiger partial charge on any atom is -0.493 e. The molecule has 2 aromatic heterocycles. The predicted molar refractivity (Wildman–Crippen MR) is 106 cm³/mol. The van der Waals surface area contributed by atoms with E-state index in [-0.39, 0.29) is 12.3 Å². The lowest BCUT2D eigenvalue weighted by atomic mass is 10.1. The van der Waals surface area contributed by atoms with Gasteiger partial charge in [-0.3, -0.25) is 4.68 Å². The van der Waals surface area contributed by atoms with Crippen molar-refractivity contribution < 1.29 is 22.7 Å². The Morgan fingerprint density at radius 2 is 2.03 bits per heavy atom. The van der Waals surface area contributed by atoms with Crippen molar-refractivity contribution in [3.05, 3.63) is 72.1 Å². The molecule has 2 heterocycles. The van der Waals surface area contributed by atoms with Gasteiger partial charge in [0.1, 0.15) is 5.76 Å². The molecule has 0 unspecified atom stereocenters. The summed E-state index contributed by atoms with van der Waals surface area (Å²) >= 11 is 0. The Bertz CT molecular complexity index is 974. The summed E-state index contributed by atoms with van der Waals surface area (Å²) in [7, 11) is 3.22. The summed E-state index contributed by atoms with van der Waals surface area (Å²) in [4.78, 5) is 0. The molecule has 3 aromatic rings. The van der Waals surface area contributed by atoms with Gasteiger partial charge in [0.25, 0.3) is 0 Å². The van der Waals surface area contributed by atoms with Crippen molar-refractivity contribution in [1.29, 1.82) is 0 Å². The molecule has 29 heavy (non-hydrogen) atoms. The van der Waals surface area contributed by atoms with E-state index in [9.17, 15) is 8.78 Å². The number of alkyl halides is 2. The summed E-state index contributed by atoms with van der Waals surface area (Å²) in [5.74, 6) is -1.53. The van der Waals surface area contributed by atoms with Gasteiger partial charge in [0.15, 0.2) is 17.3 Å².